The summed E-state index contributed by atoms with van der Waals surface area (Å²) in [5.74, 6) is -0.300. The summed E-state index contributed by atoms with van der Waals surface area (Å²) >= 11 is 0. The molecule has 0 aromatic carbocycles. The molecule has 18 heavy (non-hydrogen) atoms. The summed E-state index contributed by atoms with van der Waals surface area (Å²) in [5.41, 5.74) is -0.477. The molecule has 1 fully saturated rings. The topological polar surface area (TPSA) is 67.9 Å². The summed E-state index contributed by atoms with van der Waals surface area (Å²) in [6.07, 6.45) is -0.314. The third-order valence-electron chi connectivity index (χ3n) is 2.57. The first-order valence-electron chi connectivity index (χ1n) is 6.04. The Morgan fingerprint density at radius 1 is 1.33 bits per heavy atom. The van der Waals surface area contributed by atoms with Crippen LogP contribution in [-0.2, 0) is 14.3 Å². The molecule has 6 nitrogen and oxygen atoms in total. The summed E-state index contributed by atoms with van der Waals surface area (Å²) in [5, 5.41) is 3.09. The number of amides is 1. The highest BCUT2D eigenvalue weighted by molar-refractivity contribution is 5.75. The minimum Gasteiger partial charge on any atom is -0.468 e. The monoisotopic (exact) mass is 258 g/mol. The number of likely N-dealkylation sites (tertiary alicyclic amines) is 1. The Labute approximate surface area is 108 Å². The van der Waals surface area contributed by atoms with Gasteiger partial charge in [0.1, 0.15) is 11.6 Å². The average Bonchev–Trinajstić information content (AvgIpc) is 2.18. The second-order valence-electron chi connectivity index (χ2n) is 5.49. The van der Waals surface area contributed by atoms with Crippen molar-refractivity contribution < 1.29 is 19.1 Å². The van der Waals surface area contributed by atoms with Crippen LogP contribution in [0, 0.1) is 0 Å². The molecule has 0 bridgehead atoms. The van der Waals surface area contributed by atoms with Crippen LogP contribution in [0.3, 0.4) is 0 Å². The number of carbonyl (C=O) groups excluding carboxylic acids is 2. The van der Waals surface area contributed by atoms with Crippen molar-refractivity contribution in [2.45, 2.75) is 45.4 Å². The number of hydrogen-bond acceptors (Lipinski definition) is 5. The Morgan fingerprint density at radius 3 is 2.33 bits per heavy atom. The van der Waals surface area contributed by atoms with Crippen molar-refractivity contribution in [3.63, 3.8) is 0 Å². The lowest BCUT2D eigenvalue weighted by atomic mass is 10.1. The smallest absolute Gasteiger partial charge is 0.410 e. The van der Waals surface area contributed by atoms with Gasteiger partial charge in [-0.1, -0.05) is 0 Å². The van der Waals surface area contributed by atoms with E-state index in [1.54, 1.807) is 11.8 Å². The predicted octanol–water partition coefficient (Wildman–Crippen LogP) is 0.757. The molecule has 1 saturated heterocycles. The zero-order chi connectivity index (χ0) is 13.9. The maximum absolute atomic E-state index is 11.6. The van der Waals surface area contributed by atoms with Gasteiger partial charge in [-0.05, 0) is 27.7 Å². The van der Waals surface area contributed by atoms with Crippen LogP contribution >= 0.6 is 0 Å². The normalized spacial score (nSPS) is 17.9. The Hall–Kier alpha value is -1.30. The van der Waals surface area contributed by atoms with E-state index in [0.29, 0.717) is 13.1 Å². The molecule has 1 amide bonds. The average molecular weight is 258 g/mol. The fourth-order valence-corrected chi connectivity index (χ4v) is 1.66. The minimum absolute atomic E-state index is 0.117. The summed E-state index contributed by atoms with van der Waals surface area (Å²) in [6.45, 7) is 8.34. The molecule has 0 saturated carbocycles. The molecule has 1 aliphatic rings. The quantitative estimate of drug-likeness (QED) is 0.757. The number of rotatable bonds is 3. The van der Waals surface area contributed by atoms with Crippen LogP contribution in [0.25, 0.3) is 0 Å². The molecule has 1 aliphatic heterocycles. The van der Waals surface area contributed by atoms with Gasteiger partial charge >= 0.3 is 12.1 Å². The number of esters is 1. The second kappa shape index (κ2) is 5.56. The van der Waals surface area contributed by atoms with Crippen LogP contribution in [0.4, 0.5) is 4.79 Å². The molecule has 0 aromatic rings. The molecule has 1 rings (SSSR count). The molecule has 0 radical (unpaired) electrons. The molecule has 1 atom stereocenters. The first-order chi connectivity index (χ1) is 8.23. The van der Waals surface area contributed by atoms with Crippen LogP contribution in [0.5, 0.6) is 0 Å². The number of nitrogens with zero attached hydrogens (tertiary/aromatic N) is 1. The third kappa shape index (κ3) is 4.18. The summed E-state index contributed by atoms with van der Waals surface area (Å²) in [6, 6.07) is -0.243. The Kier molecular flexibility index (Phi) is 4.56. The van der Waals surface area contributed by atoms with E-state index in [1.165, 1.54) is 7.11 Å². The zero-order valence-corrected chi connectivity index (χ0v) is 11.6. The van der Waals surface area contributed by atoms with Crippen molar-refractivity contribution in [2.75, 3.05) is 20.2 Å². The highest BCUT2D eigenvalue weighted by Gasteiger charge is 2.35. The maximum atomic E-state index is 11.6. The van der Waals surface area contributed by atoms with Gasteiger partial charge in [0.25, 0.3) is 0 Å². The lowest BCUT2D eigenvalue weighted by molar-refractivity contribution is -0.143. The number of carbonyl (C=O) groups is 2. The van der Waals surface area contributed by atoms with Crippen LogP contribution in [-0.4, -0.2) is 54.8 Å². The standard InChI is InChI=1S/C12H22N2O4/c1-8(10(15)17-5)13-9-6-14(7-9)11(16)18-12(2,3)4/h8-9,13H,6-7H2,1-5H3/t8-/m0/s1. The first-order valence-corrected chi connectivity index (χ1v) is 6.04. The van der Waals surface area contributed by atoms with Gasteiger partial charge in [0, 0.05) is 19.1 Å². The van der Waals surface area contributed by atoms with Gasteiger partial charge in [-0.25, -0.2) is 4.79 Å². The van der Waals surface area contributed by atoms with Gasteiger partial charge in [0.2, 0.25) is 0 Å². The van der Waals surface area contributed by atoms with E-state index < -0.39 is 5.60 Å². The largest absolute Gasteiger partial charge is 0.468 e. The van der Waals surface area contributed by atoms with Crippen LogP contribution < -0.4 is 5.32 Å². The van der Waals surface area contributed by atoms with Crippen LogP contribution in [0.2, 0.25) is 0 Å². The van der Waals surface area contributed by atoms with E-state index in [0.717, 1.165) is 0 Å². The Bertz CT molecular complexity index is 319. The summed E-state index contributed by atoms with van der Waals surface area (Å²) in [7, 11) is 1.36. The van der Waals surface area contributed by atoms with Crippen molar-refractivity contribution in [1.29, 1.82) is 0 Å². The summed E-state index contributed by atoms with van der Waals surface area (Å²) < 4.78 is 9.85. The molecule has 6 heteroatoms. The fourth-order valence-electron chi connectivity index (χ4n) is 1.66. The molecule has 0 spiro atoms. The predicted molar refractivity (Wildman–Crippen MR) is 66.2 cm³/mol. The highest BCUT2D eigenvalue weighted by Crippen LogP contribution is 2.15. The van der Waals surface area contributed by atoms with E-state index in [1.807, 2.05) is 20.8 Å². The third-order valence-corrected chi connectivity index (χ3v) is 2.57. The van der Waals surface area contributed by atoms with Gasteiger partial charge in [0.15, 0.2) is 0 Å². The molecule has 1 heterocycles. The first kappa shape index (κ1) is 14.8. The van der Waals surface area contributed by atoms with Crippen molar-refractivity contribution in [2.24, 2.45) is 0 Å². The molecular weight excluding hydrogens is 236 g/mol. The fraction of sp³-hybridized carbons (Fsp3) is 0.833. The summed E-state index contributed by atoms with van der Waals surface area (Å²) in [4.78, 5) is 24.5. The Balaban J connectivity index is 2.28. The lowest BCUT2D eigenvalue weighted by Gasteiger charge is -2.40. The lowest BCUT2D eigenvalue weighted by Crippen LogP contribution is -2.62. The van der Waals surface area contributed by atoms with Gasteiger partial charge in [-0.2, -0.15) is 0 Å². The van der Waals surface area contributed by atoms with Gasteiger partial charge in [0.05, 0.1) is 7.11 Å². The zero-order valence-electron chi connectivity index (χ0n) is 11.6. The molecule has 0 unspecified atom stereocenters. The van der Waals surface area contributed by atoms with E-state index >= 15 is 0 Å². The van der Waals surface area contributed by atoms with Crippen LogP contribution in [0.1, 0.15) is 27.7 Å². The number of hydrogen-bond donors (Lipinski definition) is 1. The number of nitrogens with one attached hydrogen (secondary N) is 1. The van der Waals surface area contributed by atoms with Gasteiger partial charge < -0.3 is 14.4 Å². The molecule has 104 valence electrons. The maximum Gasteiger partial charge on any atom is 0.410 e. The SMILES string of the molecule is COC(=O)[C@H](C)NC1CN(C(=O)OC(C)(C)C)C1. The second-order valence-corrected chi connectivity index (χ2v) is 5.49. The van der Waals surface area contributed by atoms with Crippen molar-refractivity contribution in [3.05, 3.63) is 0 Å². The Morgan fingerprint density at radius 2 is 1.89 bits per heavy atom. The van der Waals surface area contributed by atoms with Crippen LogP contribution in [0.15, 0.2) is 0 Å². The molecule has 0 aromatic heterocycles. The molecule has 0 aliphatic carbocycles. The van der Waals surface area contributed by atoms with Crippen molar-refractivity contribution >= 4 is 12.1 Å². The minimum atomic E-state index is -0.477. The number of ether oxygens (including phenoxy) is 2. The highest BCUT2D eigenvalue weighted by atomic mass is 16.6. The van der Waals surface area contributed by atoms with Crippen molar-refractivity contribution in [3.8, 4) is 0 Å². The van der Waals surface area contributed by atoms with Crippen molar-refractivity contribution in [1.82, 2.24) is 10.2 Å². The van der Waals surface area contributed by atoms with Gasteiger partial charge in [-0.3, -0.25) is 10.1 Å². The van der Waals surface area contributed by atoms with E-state index in [-0.39, 0.29) is 24.1 Å². The molecular formula is C12H22N2O4. The molecule has 1 N–H and O–H groups in total. The van der Waals surface area contributed by atoms with E-state index in [9.17, 15) is 9.59 Å². The van der Waals surface area contributed by atoms with Gasteiger partial charge in [-0.15, -0.1) is 0 Å². The van der Waals surface area contributed by atoms with E-state index in [2.05, 4.69) is 10.1 Å². The van der Waals surface area contributed by atoms with E-state index in [4.69, 9.17) is 4.74 Å². The number of methoxy groups -OCH3 is 1.